The Balaban J connectivity index is 1.73. The van der Waals surface area contributed by atoms with Crippen molar-refractivity contribution in [1.29, 1.82) is 0 Å². The summed E-state index contributed by atoms with van der Waals surface area (Å²) in [4.78, 5) is 16.8. The summed E-state index contributed by atoms with van der Waals surface area (Å²) in [5, 5.41) is 2.94. The minimum atomic E-state index is -0.00359. The fraction of sp³-hybridized carbons (Fsp3) is 0.0667. The lowest BCUT2D eigenvalue weighted by Gasteiger charge is -2.05. The van der Waals surface area contributed by atoms with Crippen LogP contribution in [0.4, 0.5) is 0 Å². The van der Waals surface area contributed by atoms with Crippen LogP contribution in [-0.2, 0) is 0 Å². The third-order valence-electron chi connectivity index (χ3n) is 2.74. The Kier molecular flexibility index (Phi) is 3.25. The zero-order chi connectivity index (χ0) is 13.1. The summed E-state index contributed by atoms with van der Waals surface area (Å²) < 4.78 is 5.52. The molecule has 0 fully saturated rings. The SMILES string of the molecule is O=C(COc1ccc2cccnc2c1)c1cccs1. The average molecular weight is 269 g/mol. The van der Waals surface area contributed by atoms with Crippen LogP contribution in [0.2, 0.25) is 0 Å². The molecule has 0 spiro atoms. The second kappa shape index (κ2) is 5.20. The summed E-state index contributed by atoms with van der Waals surface area (Å²) in [6.45, 7) is 0.0544. The lowest BCUT2D eigenvalue weighted by Crippen LogP contribution is -2.09. The number of benzene rings is 1. The molecule has 4 heteroatoms. The van der Waals surface area contributed by atoms with E-state index in [0.29, 0.717) is 5.75 Å². The number of ether oxygens (including phenoxy) is 1. The number of thiophene rings is 1. The van der Waals surface area contributed by atoms with Gasteiger partial charge in [-0.1, -0.05) is 12.1 Å². The van der Waals surface area contributed by atoms with E-state index in [0.717, 1.165) is 15.8 Å². The van der Waals surface area contributed by atoms with Crippen molar-refractivity contribution in [3.8, 4) is 5.75 Å². The van der Waals surface area contributed by atoms with Crippen molar-refractivity contribution in [3.05, 3.63) is 58.9 Å². The number of Topliss-reactive ketones (excluding diaryl/α,β-unsaturated/α-hetero) is 1. The third-order valence-corrected chi connectivity index (χ3v) is 3.65. The molecule has 0 atom stereocenters. The van der Waals surface area contributed by atoms with Crippen molar-refractivity contribution in [2.45, 2.75) is 0 Å². The average Bonchev–Trinajstić information content (AvgIpc) is 2.99. The molecule has 0 unspecified atom stereocenters. The highest BCUT2D eigenvalue weighted by molar-refractivity contribution is 7.12. The van der Waals surface area contributed by atoms with Crippen molar-refractivity contribution in [3.63, 3.8) is 0 Å². The second-order valence-electron chi connectivity index (χ2n) is 4.05. The van der Waals surface area contributed by atoms with Gasteiger partial charge in [-0.05, 0) is 29.6 Å². The first kappa shape index (κ1) is 11.9. The summed E-state index contributed by atoms with van der Waals surface area (Å²) in [5.41, 5.74) is 0.864. The van der Waals surface area contributed by atoms with Crippen molar-refractivity contribution >= 4 is 28.0 Å². The van der Waals surface area contributed by atoms with Gasteiger partial charge < -0.3 is 4.74 Å². The Morgan fingerprint density at radius 1 is 1.21 bits per heavy atom. The van der Waals surface area contributed by atoms with Gasteiger partial charge in [0, 0.05) is 17.6 Å². The van der Waals surface area contributed by atoms with E-state index in [2.05, 4.69) is 4.98 Å². The van der Waals surface area contributed by atoms with Crippen LogP contribution >= 0.6 is 11.3 Å². The fourth-order valence-electron chi connectivity index (χ4n) is 1.79. The molecule has 1 aromatic carbocycles. The first-order chi connectivity index (χ1) is 9.33. The molecule has 0 radical (unpaired) electrons. The van der Waals surface area contributed by atoms with Gasteiger partial charge in [-0.15, -0.1) is 11.3 Å². The molecule has 0 aliphatic heterocycles. The van der Waals surface area contributed by atoms with E-state index in [1.807, 2.05) is 41.8 Å². The van der Waals surface area contributed by atoms with Gasteiger partial charge in [0.15, 0.2) is 6.61 Å². The third kappa shape index (κ3) is 2.63. The Hall–Kier alpha value is -2.20. The number of hydrogen-bond acceptors (Lipinski definition) is 4. The maximum atomic E-state index is 11.8. The minimum Gasteiger partial charge on any atom is -0.485 e. The molecule has 0 saturated carbocycles. The van der Waals surface area contributed by atoms with E-state index in [9.17, 15) is 4.79 Å². The molecule has 0 aliphatic rings. The molecule has 0 amide bonds. The van der Waals surface area contributed by atoms with Crippen LogP contribution in [0.3, 0.4) is 0 Å². The summed E-state index contributed by atoms with van der Waals surface area (Å²) in [6, 6.07) is 13.2. The lowest BCUT2D eigenvalue weighted by atomic mass is 10.2. The number of pyridine rings is 1. The van der Waals surface area contributed by atoms with E-state index in [-0.39, 0.29) is 12.4 Å². The maximum Gasteiger partial charge on any atom is 0.210 e. The first-order valence-corrected chi connectivity index (χ1v) is 6.75. The summed E-state index contributed by atoms with van der Waals surface area (Å²) in [7, 11) is 0. The highest BCUT2D eigenvalue weighted by atomic mass is 32.1. The molecule has 3 aromatic rings. The smallest absolute Gasteiger partial charge is 0.210 e. The van der Waals surface area contributed by atoms with Gasteiger partial charge >= 0.3 is 0 Å². The van der Waals surface area contributed by atoms with Crippen LogP contribution in [0.15, 0.2) is 54.0 Å². The molecule has 3 nitrogen and oxygen atoms in total. The highest BCUT2D eigenvalue weighted by Crippen LogP contribution is 2.19. The van der Waals surface area contributed by atoms with Gasteiger partial charge in [-0.25, -0.2) is 0 Å². The van der Waals surface area contributed by atoms with Gasteiger partial charge in [-0.3, -0.25) is 9.78 Å². The predicted molar refractivity (Wildman–Crippen MR) is 75.9 cm³/mol. The van der Waals surface area contributed by atoms with Gasteiger partial charge in [0.05, 0.1) is 10.4 Å². The largest absolute Gasteiger partial charge is 0.485 e. The zero-order valence-corrected chi connectivity index (χ0v) is 10.9. The van der Waals surface area contributed by atoms with E-state index < -0.39 is 0 Å². The number of nitrogens with zero attached hydrogens (tertiary/aromatic N) is 1. The molecule has 0 aliphatic carbocycles. The molecule has 3 rings (SSSR count). The van der Waals surface area contributed by atoms with Crippen molar-refractivity contribution in [2.24, 2.45) is 0 Å². The van der Waals surface area contributed by atoms with E-state index >= 15 is 0 Å². The molecule has 2 heterocycles. The highest BCUT2D eigenvalue weighted by Gasteiger charge is 2.07. The number of rotatable bonds is 4. The lowest BCUT2D eigenvalue weighted by molar-refractivity contribution is 0.0925. The van der Waals surface area contributed by atoms with Crippen LogP contribution in [-0.4, -0.2) is 17.4 Å². The van der Waals surface area contributed by atoms with Gasteiger partial charge in [0.1, 0.15) is 5.75 Å². The molecule has 0 saturated heterocycles. The van der Waals surface area contributed by atoms with Crippen molar-refractivity contribution in [1.82, 2.24) is 4.98 Å². The number of carbonyl (C=O) groups is 1. The molecule has 19 heavy (non-hydrogen) atoms. The molecule has 0 bridgehead atoms. The van der Waals surface area contributed by atoms with Gasteiger partial charge in [0.25, 0.3) is 0 Å². The van der Waals surface area contributed by atoms with Gasteiger partial charge in [0.2, 0.25) is 5.78 Å². The van der Waals surface area contributed by atoms with E-state index in [1.165, 1.54) is 11.3 Å². The van der Waals surface area contributed by atoms with Crippen LogP contribution in [0.1, 0.15) is 9.67 Å². The molecular formula is C15H11NO2S. The molecule has 0 N–H and O–H groups in total. The van der Waals surface area contributed by atoms with Crippen LogP contribution in [0, 0.1) is 0 Å². The monoisotopic (exact) mass is 269 g/mol. The second-order valence-corrected chi connectivity index (χ2v) is 4.99. The van der Waals surface area contributed by atoms with E-state index in [1.54, 1.807) is 12.3 Å². The Bertz CT molecular complexity index is 707. The molecule has 2 aromatic heterocycles. The number of carbonyl (C=O) groups excluding carboxylic acids is 1. The topological polar surface area (TPSA) is 39.2 Å². The van der Waals surface area contributed by atoms with Crippen LogP contribution < -0.4 is 4.74 Å². The number of ketones is 1. The summed E-state index contributed by atoms with van der Waals surface area (Å²) in [6.07, 6.45) is 1.74. The normalized spacial score (nSPS) is 10.5. The quantitative estimate of drug-likeness (QED) is 0.680. The Labute approximate surface area is 114 Å². The molecule has 94 valence electrons. The number of fused-ring (bicyclic) bond motifs is 1. The summed E-state index contributed by atoms with van der Waals surface area (Å²) >= 11 is 1.43. The molecular weight excluding hydrogens is 258 g/mol. The zero-order valence-electron chi connectivity index (χ0n) is 10.1. The standard InChI is InChI=1S/C15H11NO2S/c17-14(15-4-2-8-19-15)10-18-12-6-5-11-3-1-7-16-13(11)9-12/h1-9H,10H2. The first-order valence-electron chi connectivity index (χ1n) is 5.87. The van der Waals surface area contributed by atoms with Crippen molar-refractivity contribution in [2.75, 3.05) is 6.61 Å². The van der Waals surface area contributed by atoms with Crippen LogP contribution in [0.5, 0.6) is 5.75 Å². The number of hydrogen-bond donors (Lipinski definition) is 0. The fourth-order valence-corrected chi connectivity index (χ4v) is 2.44. The minimum absolute atomic E-state index is 0.00359. The van der Waals surface area contributed by atoms with Gasteiger partial charge in [-0.2, -0.15) is 0 Å². The maximum absolute atomic E-state index is 11.8. The van der Waals surface area contributed by atoms with E-state index in [4.69, 9.17) is 4.74 Å². The van der Waals surface area contributed by atoms with Crippen molar-refractivity contribution < 1.29 is 9.53 Å². The Morgan fingerprint density at radius 2 is 2.16 bits per heavy atom. The number of aromatic nitrogens is 1. The predicted octanol–water partition coefficient (Wildman–Crippen LogP) is 3.56. The summed E-state index contributed by atoms with van der Waals surface area (Å²) in [5.74, 6) is 0.659. The Morgan fingerprint density at radius 3 is 3.00 bits per heavy atom. The van der Waals surface area contributed by atoms with Crippen LogP contribution in [0.25, 0.3) is 10.9 Å².